The molecule has 0 aromatic heterocycles. The number of carbonyl (C=O) groups excluding carboxylic acids is 2. The van der Waals surface area contributed by atoms with Crippen molar-refractivity contribution < 1.29 is 18.0 Å². The van der Waals surface area contributed by atoms with Gasteiger partial charge in [0.15, 0.2) is 9.84 Å². The topological polar surface area (TPSA) is 92.3 Å². The number of amides is 2. The van der Waals surface area contributed by atoms with Gasteiger partial charge in [-0.3, -0.25) is 9.59 Å². The Morgan fingerprint density at radius 1 is 1.24 bits per heavy atom. The second kappa shape index (κ2) is 8.59. The summed E-state index contributed by atoms with van der Waals surface area (Å²) in [5.41, 5.74) is 3.19. The Morgan fingerprint density at radius 3 is 2.76 bits per heavy atom. The van der Waals surface area contributed by atoms with Gasteiger partial charge in [-0.2, -0.15) is 0 Å². The van der Waals surface area contributed by atoms with Crippen LogP contribution < -0.4 is 10.6 Å². The molecule has 154 valence electrons. The van der Waals surface area contributed by atoms with Crippen LogP contribution in [0.3, 0.4) is 0 Å². The molecule has 0 saturated carbocycles. The maximum Gasteiger partial charge on any atom is 0.228 e. The number of fused-ring (bicyclic) bond motifs is 1. The average Bonchev–Trinajstić information content (AvgIpc) is 2.84. The number of carbonyl (C=O) groups is 2. The predicted molar refractivity (Wildman–Crippen MR) is 116 cm³/mol. The van der Waals surface area contributed by atoms with Crippen molar-refractivity contribution in [2.45, 2.75) is 37.0 Å². The largest absolute Gasteiger partial charge is 0.326 e. The Kier molecular flexibility index (Phi) is 6.33. The van der Waals surface area contributed by atoms with Gasteiger partial charge in [-0.25, -0.2) is 8.42 Å². The van der Waals surface area contributed by atoms with Gasteiger partial charge >= 0.3 is 0 Å². The predicted octanol–water partition coefficient (Wildman–Crippen LogP) is 3.79. The minimum atomic E-state index is -3.70. The molecule has 2 aromatic carbocycles. The smallest absolute Gasteiger partial charge is 0.228 e. The zero-order valence-corrected chi connectivity index (χ0v) is 18.2. The zero-order valence-electron chi connectivity index (χ0n) is 16.6. The maximum absolute atomic E-state index is 12.9. The number of aryl methyl sites for hydroxylation is 1. The van der Waals surface area contributed by atoms with Gasteiger partial charge in [0.05, 0.1) is 16.3 Å². The van der Waals surface area contributed by atoms with Crippen LogP contribution in [0.5, 0.6) is 0 Å². The van der Waals surface area contributed by atoms with Gasteiger partial charge in [0, 0.05) is 28.7 Å². The molecule has 0 spiro atoms. The highest BCUT2D eigenvalue weighted by molar-refractivity contribution is 7.99. The summed E-state index contributed by atoms with van der Waals surface area (Å²) in [4.78, 5) is 25.3. The van der Waals surface area contributed by atoms with Crippen molar-refractivity contribution in [3.8, 4) is 0 Å². The minimum absolute atomic E-state index is 0.102. The number of anilines is 2. The number of benzene rings is 2. The fourth-order valence-corrected chi connectivity index (χ4v) is 5.55. The van der Waals surface area contributed by atoms with Crippen LogP contribution in [0.1, 0.15) is 24.5 Å². The van der Waals surface area contributed by atoms with Gasteiger partial charge in [-0.15, -0.1) is 11.8 Å². The average molecular weight is 433 g/mol. The summed E-state index contributed by atoms with van der Waals surface area (Å²) in [6, 6.07) is 10.3. The molecule has 2 amide bonds. The van der Waals surface area contributed by atoms with E-state index in [4.69, 9.17) is 0 Å². The zero-order chi connectivity index (χ0) is 21.2. The van der Waals surface area contributed by atoms with Gasteiger partial charge in [0.25, 0.3) is 0 Å². The molecule has 0 unspecified atom stereocenters. The van der Waals surface area contributed by atoms with E-state index in [1.54, 1.807) is 19.1 Å². The molecule has 2 aromatic rings. The first-order valence-corrected chi connectivity index (χ1v) is 12.0. The molecule has 3 rings (SSSR count). The fraction of sp³-hybridized carbons (Fsp3) is 0.333. The fourth-order valence-electron chi connectivity index (χ4n) is 3.04. The summed E-state index contributed by atoms with van der Waals surface area (Å²) in [5.74, 6) is -0.875. The first kappa shape index (κ1) is 21.4. The highest BCUT2D eigenvalue weighted by atomic mass is 32.2. The van der Waals surface area contributed by atoms with Crippen molar-refractivity contribution in [2.24, 2.45) is 5.92 Å². The molecule has 0 aliphatic carbocycles. The van der Waals surface area contributed by atoms with E-state index < -0.39 is 15.8 Å². The summed E-state index contributed by atoms with van der Waals surface area (Å²) in [5, 5.41) is 5.58. The standard InChI is InChI=1S/C21H24N2O4S2/c1-13-5-4-6-17(15(13)3)23-21(25)14(2)12-29(26,27)16-7-8-19-18(11-16)22-20(24)9-10-28-19/h4-8,11,14H,9-10,12H2,1-3H3,(H,22,24)(H,23,25)/t14-/m1/s1. The van der Waals surface area contributed by atoms with Crippen LogP contribution in [0.4, 0.5) is 11.4 Å². The van der Waals surface area contributed by atoms with E-state index in [9.17, 15) is 18.0 Å². The summed E-state index contributed by atoms with van der Waals surface area (Å²) in [6.07, 6.45) is 0.386. The molecular formula is C21H24N2O4S2. The van der Waals surface area contributed by atoms with E-state index in [1.165, 1.54) is 23.9 Å². The maximum atomic E-state index is 12.9. The Morgan fingerprint density at radius 2 is 2.00 bits per heavy atom. The van der Waals surface area contributed by atoms with Crippen molar-refractivity contribution >= 4 is 44.8 Å². The van der Waals surface area contributed by atoms with Crippen LogP contribution in [-0.4, -0.2) is 31.7 Å². The molecule has 0 radical (unpaired) electrons. The normalized spacial score (nSPS) is 15.1. The first-order chi connectivity index (χ1) is 13.7. The van der Waals surface area contributed by atoms with Gasteiger partial charge in [-0.05, 0) is 49.2 Å². The summed E-state index contributed by atoms with van der Waals surface area (Å²) >= 11 is 1.51. The van der Waals surface area contributed by atoms with Crippen molar-refractivity contribution in [3.63, 3.8) is 0 Å². The second-order valence-electron chi connectivity index (χ2n) is 7.22. The van der Waals surface area contributed by atoms with Crippen LogP contribution in [0.25, 0.3) is 0 Å². The quantitative estimate of drug-likeness (QED) is 0.750. The Bertz CT molecular complexity index is 1060. The van der Waals surface area contributed by atoms with Crippen LogP contribution >= 0.6 is 11.8 Å². The van der Waals surface area contributed by atoms with Crippen LogP contribution in [0, 0.1) is 19.8 Å². The van der Waals surface area contributed by atoms with E-state index in [1.807, 2.05) is 26.0 Å². The monoisotopic (exact) mass is 432 g/mol. The lowest BCUT2D eigenvalue weighted by Crippen LogP contribution is -2.27. The van der Waals surface area contributed by atoms with Crippen molar-refractivity contribution in [1.29, 1.82) is 0 Å². The number of hydrogen-bond acceptors (Lipinski definition) is 5. The van der Waals surface area contributed by atoms with Crippen molar-refractivity contribution in [2.75, 3.05) is 22.1 Å². The lowest BCUT2D eigenvalue weighted by molar-refractivity contribution is -0.119. The number of rotatable bonds is 5. The van der Waals surface area contributed by atoms with E-state index in [-0.39, 0.29) is 22.5 Å². The van der Waals surface area contributed by atoms with Crippen LogP contribution in [0.15, 0.2) is 46.2 Å². The number of thioether (sulfide) groups is 1. The SMILES string of the molecule is Cc1cccc(NC(=O)[C@H](C)CS(=O)(=O)c2ccc3c(c2)NC(=O)CCS3)c1C. The molecule has 8 heteroatoms. The third kappa shape index (κ3) is 5.00. The Balaban J connectivity index is 1.75. The second-order valence-corrected chi connectivity index (χ2v) is 10.4. The lowest BCUT2D eigenvalue weighted by atomic mass is 10.1. The molecule has 1 aliphatic heterocycles. The van der Waals surface area contributed by atoms with Crippen molar-refractivity contribution in [3.05, 3.63) is 47.5 Å². The first-order valence-electron chi connectivity index (χ1n) is 9.34. The summed E-state index contributed by atoms with van der Waals surface area (Å²) in [6.45, 7) is 5.46. The minimum Gasteiger partial charge on any atom is -0.326 e. The highest BCUT2D eigenvalue weighted by Crippen LogP contribution is 2.33. The summed E-state index contributed by atoms with van der Waals surface area (Å²) in [7, 11) is -3.70. The number of nitrogens with one attached hydrogen (secondary N) is 2. The number of hydrogen-bond donors (Lipinski definition) is 2. The van der Waals surface area contributed by atoms with Gasteiger partial charge in [0.2, 0.25) is 11.8 Å². The molecule has 0 saturated heterocycles. The Labute approximate surface area is 175 Å². The van der Waals surface area contributed by atoms with Gasteiger partial charge in [-0.1, -0.05) is 19.1 Å². The van der Waals surface area contributed by atoms with Gasteiger partial charge < -0.3 is 10.6 Å². The molecule has 2 N–H and O–H groups in total. The Hall–Kier alpha value is -2.32. The third-order valence-electron chi connectivity index (χ3n) is 4.95. The molecule has 0 bridgehead atoms. The van der Waals surface area contributed by atoms with Crippen LogP contribution in [0.2, 0.25) is 0 Å². The van der Waals surface area contributed by atoms with Gasteiger partial charge in [0.1, 0.15) is 0 Å². The molecule has 1 aliphatic rings. The molecule has 1 heterocycles. The van der Waals surface area contributed by atoms with E-state index in [2.05, 4.69) is 10.6 Å². The molecule has 1 atom stereocenters. The molecule has 29 heavy (non-hydrogen) atoms. The van der Waals surface area contributed by atoms with E-state index in [0.717, 1.165) is 16.0 Å². The van der Waals surface area contributed by atoms with E-state index in [0.29, 0.717) is 23.5 Å². The lowest BCUT2D eigenvalue weighted by Gasteiger charge is -2.16. The van der Waals surface area contributed by atoms with E-state index >= 15 is 0 Å². The molecular weight excluding hydrogens is 408 g/mol. The number of sulfone groups is 1. The highest BCUT2D eigenvalue weighted by Gasteiger charge is 2.25. The third-order valence-corrected chi connectivity index (χ3v) is 7.94. The molecule has 0 fully saturated rings. The van der Waals surface area contributed by atoms with Crippen LogP contribution in [-0.2, 0) is 19.4 Å². The summed E-state index contributed by atoms with van der Waals surface area (Å²) < 4.78 is 25.7. The molecule has 6 nitrogen and oxygen atoms in total. The van der Waals surface area contributed by atoms with Crippen molar-refractivity contribution in [1.82, 2.24) is 0 Å².